The van der Waals surface area contributed by atoms with Gasteiger partial charge in [-0.1, -0.05) is 0 Å². The van der Waals surface area contributed by atoms with Gasteiger partial charge < -0.3 is 1.43 Å². The molecule has 0 amide bonds. The summed E-state index contributed by atoms with van der Waals surface area (Å²) in [5.74, 6) is -0.338. The molecule has 2 N–H and O–H groups in total. The molecular weight excluding hydrogens is 365 g/mol. The van der Waals surface area contributed by atoms with Gasteiger partial charge in [0, 0.05) is 25.0 Å². The van der Waals surface area contributed by atoms with E-state index < -0.39 is 25.7 Å². The van der Waals surface area contributed by atoms with Crippen LogP contribution in [0.3, 0.4) is 0 Å². The van der Waals surface area contributed by atoms with Crippen LogP contribution >= 0.6 is 0 Å². The van der Waals surface area contributed by atoms with Gasteiger partial charge in [0.2, 0.25) is 5.69 Å². The molecule has 0 radical (unpaired) electrons. The summed E-state index contributed by atoms with van der Waals surface area (Å²) in [6.07, 6.45) is 0.242. The molecule has 0 saturated carbocycles. The van der Waals surface area contributed by atoms with Crippen molar-refractivity contribution >= 4 is 31.6 Å². The molecule has 0 aliphatic carbocycles. The van der Waals surface area contributed by atoms with E-state index in [-0.39, 0.29) is 48.1 Å². The molecule has 0 aromatic heterocycles. The average Bonchev–Trinajstić information content (AvgIpc) is 2.57. The van der Waals surface area contributed by atoms with Crippen molar-refractivity contribution in [2.45, 2.75) is 37.5 Å². The van der Waals surface area contributed by atoms with Gasteiger partial charge >= 0.3 is 29.6 Å². The Morgan fingerprint density at radius 3 is 2.25 bits per heavy atom. The van der Waals surface area contributed by atoms with Crippen molar-refractivity contribution in [3.8, 4) is 0 Å². The second-order valence-electron chi connectivity index (χ2n) is 6.16. The molecule has 130 valence electrons. The first-order valence-electron chi connectivity index (χ1n) is 7.03. The van der Waals surface area contributed by atoms with Gasteiger partial charge in [-0.15, -0.1) is 0 Å². The number of rotatable bonds is 5. The summed E-state index contributed by atoms with van der Waals surface area (Å²) in [6.45, 7) is 6.13. The Kier molecular flexibility index (Phi) is 6.47. The fraction of sp³-hybridized carbons (Fsp3) is 0.500. The zero-order valence-electron chi connectivity index (χ0n) is 15.1. The third kappa shape index (κ3) is 4.46. The molecule has 0 spiro atoms. The molecule has 1 heterocycles. The number of hydrogen-bond acceptors (Lipinski definition) is 4. The van der Waals surface area contributed by atoms with Crippen molar-refractivity contribution in [1.82, 2.24) is 0 Å². The predicted octanol–water partition coefficient (Wildman–Crippen LogP) is -1.28. The third-order valence-corrected chi connectivity index (χ3v) is 5.98. The molecular formula is C14H21NNaO6S2+. The Morgan fingerprint density at radius 2 is 1.75 bits per heavy atom. The molecule has 10 heteroatoms. The van der Waals surface area contributed by atoms with Crippen LogP contribution in [0.15, 0.2) is 23.1 Å². The summed E-state index contributed by atoms with van der Waals surface area (Å²) in [4.78, 5) is -0.170. The Balaban J connectivity index is 0.00000288. The van der Waals surface area contributed by atoms with Crippen LogP contribution < -0.4 is 29.6 Å². The molecule has 1 aromatic rings. The first-order chi connectivity index (χ1) is 10.3. The van der Waals surface area contributed by atoms with Gasteiger partial charge in [0.15, 0.2) is 5.71 Å². The minimum Gasteiger partial charge on any atom is -1.00 e. The molecule has 1 aliphatic heterocycles. The maximum atomic E-state index is 11.3. The fourth-order valence-corrected chi connectivity index (χ4v) is 3.82. The van der Waals surface area contributed by atoms with Gasteiger partial charge in [-0.25, -0.2) is 0 Å². The maximum Gasteiger partial charge on any atom is 1.00 e. The number of fused-ring (bicyclic) bond motifs is 1. The van der Waals surface area contributed by atoms with Crippen molar-refractivity contribution in [3.05, 3.63) is 23.8 Å². The third-order valence-electron chi connectivity index (χ3n) is 4.32. The molecule has 0 saturated heterocycles. The van der Waals surface area contributed by atoms with Crippen LogP contribution in [0.2, 0.25) is 0 Å². The SMILES string of the molecule is CC1=[N+](CCCS(=O)(=O)O)c2ccc(S(=O)(=O)O)cc2C1(C)C.[H-].[Na+]. The van der Waals surface area contributed by atoms with Crippen LogP contribution in [0.25, 0.3) is 0 Å². The zero-order chi connectivity index (χ0) is 17.6. The van der Waals surface area contributed by atoms with Gasteiger partial charge in [-0.05, 0) is 26.0 Å². The van der Waals surface area contributed by atoms with Gasteiger partial charge in [-0.2, -0.15) is 21.4 Å². The van der Waals surface area contributed by atoms with Gasteiger partial charge in [-0.3, -0.25) is 9.11 Å². The van der Waals surface area contributed by atoms with Crippen LogP contribution in [-0.2, 0) is 25.7 Å². The van der Waals surface area contributed by atoms with Crippen LogP contribution in [0, 0.1) is 0 Å². The van der Waals surface area contributed by atoms with E-state index in [2.05, 4.69) is 0 Å². The zero-order valence-corrected chi connectivity index (χ0v) is 17.8. The summed E-state index contributed by atoms with van der Waals surface area (Å²) in [5.41, 5.74) is 2.01. The normalized spacial score (nSPS) is 16.7. The number of nitrogens with zero attached hydrogens (tertiary/aromatic N) is 1. The molecule has 0 unspecified atom stereocenters. The predicted molar refractivity (Wildman–Crippen MR) is 86.9 cm³/mol. The van der Waals surface area contributed by atoms with E-state index in [9.17, 15) is 21.4 Å². The van der Waals surface area contributed by atoms with E-state index >= 15 is 0 Å². The summed E-state index contributed by atoms with van der Waals surface area (Å²) < 4.78 is 64.3. The van der Waals surface area contributed by atoms with E-state index in [1.165, 1.54) is 12.1 Å². The molecule has 0 bridgehead atoms. The number of benzene rings is 1. The first kappa shape index (κ1) is 21.8. The van der Waals surface area contributed by atoms with Gasteiger partial charge in [0.1, 0.15) is 6.54 Å². The summed E-state index contributed by atoms with van der Waals surface area (Å²) in [7, 11) is -8.30. The first-order valence-corrected chi connectivity index (χ1v) is 10.1. The molecule has 1 aliphatic rings. The monoisotopic (exact) mass is 386 g/mol. The van der Waals surface area contributed by atoms with Crippen LogP contribution in [-0.4, -0.2) is 48.5 Å². The van der Waals surface area contributed by atoms with Crippen molar-refractivity contribution in [1.29, 1.82) is 0 Å². The Morgan fingerprint density at radius 1 is 1.17 bits per heavy atom. The average molecular weight is 386 g/mol. The van der Waals surface area contributed by atoms with E-state index in [0.717, 1.165) is 17.0 Å². The minimum atomic E-state index is -4.29. The Bertz CT molecular complexity index is 894. The second kappa shape index (κ2) is 7.14. The maximum absolute atomic E-state index is 11.3. The van der Waals surface area contributed by atoms with Crippen molar-refractivity contribution in [2.24, 2.45) is 0 Å². The molecule has 0 atom stereocenters. The quantitative estimate of drug-likeness (QED) is 0.371. The van der Waals surface area contributed by atoms with Crippen molar-refractivity contribution in [3.63, 3.8) is 0 Å². The second-order valence-corrected chi connectivity index (χ2v) is 9.15. The van der Waals surface area contributed by atoms with Crippen molar-refractivity contribution < 1.29 is 61.5 Å². The molecule has 24 heavy (non-hydrogen) atoms. The van der Waals surface area contributed by atoms with E-state index in [0.29, 0.717) is 6.54 Å². The fourth-order valence-electron chi connectivity index (χ4n) is 2.82. The van der Waals surface area contributed by atoms with Crippen LogP contribution in [0.1, 0.15) is 34.2 Å². The number of hydrogen-bond donors (Lipinski definition) is 2. The van der Waals surface area contributed by atoms with Crippen molar-refractivity contribution in [2.75, 3.05) is 12.3 Å². The molecule has 0 fully saturated rings. The minimum absolute atomic E-state index is 0. The summed E-state index contributed by atoms with van der Waals surface area (Å²) in [6, 6.07) is 4.36. The largest absolute Gasteiger partial charge is 1.00 e. The topological polar surface area (TPSA) is 112 Å². The van der Waals surface area contributed by atoms with E-state index in [1.54, 1.807) is 6.07 Å². The summed E-state index contributed by atoms with van der Waals surface area (Å²) in [5, 5.41) is 0. The van der Waals surface area contributed by atoms with Gasteiger partial charge in [0.25, 0.3) is 20.2 Å². The molecule has 2 rings (SSSR count). The smallest absolute Gasteiger partial charge is 1.00 e. The van der Waals surface area contributed by atoms with Gasteiger partial charge in [0.05, 0.1) is 16.1 Å². The van der Waals surface area contributed by atoms with Crippen LogP contribution in [0.4, 0.5) is 5.69 Å². The van der Waals surface area contributed by atoms with E-state index in [1.807, 2.05) is 25.3 Å². The standard InChI is InChI=1S/C14H19NO6S2.Na.H/c1-10-14(2,3)12-9-11(23(19,20)21)5-6-13(12)15(10)7-4-8-22(16,17)18;;/h5-6,9H,4,7-8H2,1-3H3,(H-,16,17,18,19,20,21);;/q;+1;-1/p+1. The molecule has 1 aromatic carbocycles. The van der Waals surface area contributed by atoms with E-state index in [4.69, 9.17) is 4.55 Å². The Labute approximate surface area is 166 Å². The Hall–Kier alpha value is -0.290. The van der Waals surface area contributed by atoms with Crippen LogP contribution in [0.5, 0.6) is 0 Å². The molecule has 7 nitrogen and oxygen atoms in total. The summed E-state index contributed by atoms with van der Waals surface area (Å²) >= 11 is 0.